The number of hydrogen-bond acceptors (Lipinski definition) is 4. The van der Waals surface area contributed by atoms with Crippen LogP contribution in [0.1, 0.15) is 6.92 Å². The van der Waals surface area contributed by atoms with Crippen LogP contribution >= 0.6 is 0 Å². The zero-order valence-electron chi connectivity index (χ0n) is 9.47. The van der Waals surface area contributed by atoms with Crippen LogP contribution in [0.3, 0.4) is 0 Å². The number of esters is 1. The number of aromatic nitrogens is 1. The predicted molar refractivity (Wildman–Crippen MR) is 61.1 cm³/mol. The van der Waals surface area contributed by atoms with Crippen LogP contribution in [-0.4, -0.2) is 23.7 Å². The number of hydrogen-bond donors (Lipinski definition) is 0. The Bertz CT molecular complexity index is 585. The first-order valence-corrected chi connectivity index (χ1v) is 5.00. The number of carbonyl (C=O) groups excluding carboxylic acids is 2. The van der Waals surface area contributed by atoms with Gasteiger partial charge in [0, 0.05) is 18.5 Å². The summed E-state index contributed by atoms with van der Waals surface area (Å²) in [5.74, 6) is -0.0967. The van der Waals surface area contributed by atoms with E-state index in [0.29, 0.717) is 11.3 Å². The molecular formula is C12H11NO4. The number of rotatable bonds is 1. The third-order valence-corrected chi connectivity index (χ3v) is 2.30. The lowest BCUT2D eigenvalue weighted by atomic mass is 10.2. The Morgan fingerprint density at radius 2 is 2.00 bits per heavy atom. The van der Waals surface area contributed by atoms with Crippen molar-refractivity contribution in [3.63, 3.8) is 0 Å². The second-order valence-electron chi connectivity index (χ2n) is 3.44. The molecule has 0 bridgehead atoms. The van der Waals surface area contributed by atoms with Gasteiger partial charge in [-0.3, -0.25) is 4.79 Å². The molecule has 0 spiro atoms. The summed E-state index contributed by atoms with van der Waals surface area (Å²) in [5, 5.41) is 0.800. The van der Waals surface area contributed by atoms with Crippen molar-refractivity contribution >= 4 is 23.0 Å². The Kier molecular flexibility index (Phi) is 2.82. The molecule has 0 saturated carbocycles. The molecule has 17 heavy (non-hydrogen) atoms. The average Bonchev–Trinajstić information content (AvgIpc) is 2.72. The number of benzene rings is 1. The van der Waals surface area contributed by atoms with E-state index >= 15 is 0 Å². The van der Waals surface area contributed by atoms with Crippen LogP contribution < -0.4 is 4.74 Å². The van der Waals surface area contributed by atoms with Gasteiger partial charge in [0.1, 0.15) is 5.52 Å². The molecule has 0 atom stereocenters. The highest BCUT2D eigenvalue weighted by atomic mass is 16.5. The third-order valence-electron chi connectivity index (χ3n) is 2.30. The fourth-order valence-corrected chi connectivity index (χ4v) is 1.65. The molecule has 0 fully saturated rings. The van der Waals surface area contributed by atoms with Crippen molar-refractivity contribution in [3.05, 3.63) is 30.5 Å². The molecule has 0 radical (unpaired) electrons. The van der Waals surface area contributed by atoms with Gasteiger partial charge in [-0.25, -0.2) is 9.36 Å². The Labute approximate surface area is 97.5 Å². The lowest BCUT2D eigenvalue weighted by molar-refractivity contribution is -0.131. The van der Waals surface area contributed by atoms with E-state index in [1.54, 1.807) is 24.4 Å². The number of methoxy groups -OCH3 is 1. The maximum Gasteiger partial charge on any atom is 0.418 e. The Balaban J connectivity index is 2.63. The zero-order chi connectivity index (χ0) is 12.4. The van der Waals surface area contributed by atoms with Crippen molar-refractivity contribution < 1.29 is 19.1 Å². The second-order valence-corrected chi connectivity index (χ2v) is 3.44. The molecule has 88 valence electrons. The van der Waals surface area contributed by atoms with Crippen molar-refractivity contribution in [3.8, 4) is 5.75 Å². The summed E-state index contributed by atoms with van der Waals surface area (Å²) in [6.45, 7) is 1.31. The fourth-order valence-electron chi connectivity index (χ4n) is 1.65. The number of ether oxygens (including phenoxy) is 2. The summed E-state index contributed by atoms with van der Waals surface area (Å²) in [5.41, 5.74) is 0.523. The van der Waals surface area contributed by atoms with E-state index in [-0.39, 0.29) is 0 Å². The maximum absolute atomic E-state index is 11.5. The smallest absolute Gasteiger partial charge is 0.418 e. The molecule has 1 aromatic heterocycles. The molecule has 0 N–H and O–H groups in total. The lowest BCUT2D eigenvalue weighted by Gasteiger charge is -2.07. The molecule has 0 aliphatic carbocycles. The van der Waals surface area contributed by atoms with E-state index in [0.717, 1.165) is 5.39 Å². The lowest BCUT2D eigenvalue weighted by Crippen LogP contribution is -2.11. The van der Waals surface area contributed by atoms with E-state index in [4.69, 9.17) is 4.74 Å². The minimum atomic E-state index is -0.528. The van der Waals surface area contributed by atoms with Gasteiger partial charge in [-0.05, 0) is 12.1 Å². The van der Waals surface area contributed by atoms with Gasteiger partial charge in [-0.2, -0.15) is 0 Å². The normalized spacial score (nSPS) is 10.2. The quantitative estimate of drug-likeness (QED) is 0.559. The standard InChI is InChI=1S/C12H11NO4/c1-8(14)17-10-5-3-4-9-6-7-13(11(9)10)12(15)16-2/h3-7H,1-2H3. The van der Waals surface area contributed by atoms with Crippen molar-refractivity contribution in [1.82, 2.24) is 4.57 Å². The molecule has 0 aliphatic rings. The molecule has 0 aliphatic heterocycles. The molecule has 5 nitrogen and oxygen atoms in total. The number of nitrogens with zero attached hydrogens (tertiary/aromatic N) is 1. The van der Waals surface area contributed by atoms with Gasteiger partial charge < -0.3 is 9.47 Å². The zero-order valence-corrected chi connectivity index (χ0v) is 9.47. The topological polar surface area (TPSA) is 57.5 Å². The van der Waals surface area contributed by atoms with Gasteiger partial charge in [0.2, 0.25) is 0 Å². The monoisotopic (exact) mass is 233 g/mol. The Morgan fingerprint density at radius 3 is 2.65 bits per heavy atom. The molecule has 5 heteroatoms. The third kappa shape index (κ3) is 1.99. The van der Waals surface area contributed by atoms with Gasteiger partial charge in [0.05, 0.1) is 7.11 Å². The van der Waals surface area contributed by atoms with Gasteiger partial charge in [0.25, 0.3) is 0 Å². The number of fused-ring (bicyclic) bond motifs is 1. The van der Waals surface area contributed by atoms with E-state index < -0.39 is 12.1 Å². The van der Waals surface area contributed by atoms with Gasteiger partial charge in [-0.1, -0.05) is 12.1 Å². The minimum Gasteiger partial charge on any atom is -0.452 e. The first-order valence-electron chi connectivity index (χ1n) is 5.00. The largest absolute Gasteiger partial charge is 0.452 e. The molecule has 2 rings (SSSR count). The van der Waals surface area contributed by atoms with E-state index in [9.17, 15) is 9.59 Å². The first-order chi connectivity index (χ1) is 8.13. The fraction of sp³-hybridized carbons (Fsp3) is 0.167. The highest BCUT2D eigenvalue weighted by Gasteiger charge is 2.14. The summed E-state index contributed by atoms with van der Waals surface area (Å²) < 4.78 is 11.0. The molecule has 0 saturated heterocycles. The van der Waals surface area contributed by atoms with Crippen LogP contribution in [0, 0.1) is 0 Å². The SMILES string of the molecule is COC(=O)n1ccc2cccc(OC(C)=O)c21. The second kappa shape index (κ2) is 4.29. The molecule has 0 unspecified atom stereocenters. The summed E-state index contributed by atoms with van der Waals surface area (Å²) in [7, 11) is 1.29. The van der Waals surface area contributed by atoms with Gasteiger partial charge in [-0.15, -0.1) is 0 Å². The number of para-hydroxylation sites is 1. The highest BCUT2D eigenvalue weighted by Crippen LogP contribution is 2.26. The first kappa shape index (κ1) is 11.2. The highest BCUT2D eigenvalue weighted by molar-refractivity contribution is 5.94. The molecule has 2 aromatic rings. The van der Waals surface area contributed by atoms with Crippen LogP contribution in [0.25, 0.3) is 10.9 Å². The molecule has 1 heterocycles. The van der Waals surface area contributed by atoms with Gasteiger partial charge in [0.15, 0.2) is 5.75 Å². The van der Waals surface area contributed by atoms with E-state index in [2.05, 4.69) is 4.74 Å². The van der Waals surface area contributed by atoms with Crippen LogP contribution in [0.15, 0.2) is 30.5 Å². The van der Waals surface area contributed by atoms with Crippen molar-refractivity contribution in [2.24, 2.45) is 0 Å². The average molecular weight is 233 g/mol. The summed E-state index contributed by atoms with van der Waals surface area (Å²) in [6.07, 6.45) is 1.04. The van der Waals surface area contributed by atoms with Gasteiger partial charge >= 0.3 is 12.1 Å². The summed E-state index contributed by atoms with van der Waals surface area (Å²) in [6, 6.07) is 6.95. The number of carbonyl (C=O) groups is 2. The Hall–Kier alpha value is -2.30. The van der Waals surface area contributed by atoms with Crippen LogP contribution in [-0.2, 0) is 9.53 Å². The Morgan fingerprint density at radius 1 is 1.24 bits per heavy atom. The van der Waals surface area contributed by atoms with Crippen molar-refractivity contribution in [1.29, 1.82) is 0 Å². The maximum atomic E-state index is 11.5. The van der Waals surface area contributed by atoms with Crippen LogP contribution in [0.5, 0.6) is 5.75 Å². The summed E-state index contributed by atoms with van der Waals surface area (Å²) in [4.78, 5) is 22.5. The minimum absolute atomic E-state index is 0.338. The molecule has 0 amide bonds. The van der Waals surface area contributed by atoms with Crippen LogP contribution in [0.2, 0.25) is 0 Å². The van der Waals surface area contributed by atoms with Crippen molar-refractivity contribution in [2.75, 3.05) is 7.11 Å². The summed E-state index contributed by atoms with van der Waals surface area (Å²) >= 11 is 0. The van der Waals surface area contributed by atoms with Crippen molar-refractivity contribution in [2.45, 2.75) is 6.92 Å². The molecule has 1 aromatic carbocycles. The predicted octanol–water partition coefficient (Wildman–Crippen LogP) is 2.18. The van der Waals surface area contributed by atoms with Crippen LogP contribution in [0.4, 0.5) is 4.79 Å². The van der Waals surface area contributed by atoms with E-state index in [1.165, 1.54) is 18.6 Å². The molecular weight excluding hydrogens is 222 g/mol. The van der Waals surface area contributed by atoms with E-state index in [1.807, 2.05) is 6.07 Å².